The number of nitrogens with zero attached hydrogens (tertiary/aromatic N) is 1. The molecule has 0 N–H and O–H groups in total. The summed E-state index contributed by atoms with van der Waals surface area (Å²) in [4.78, 5) is 6.34. The maximum absolute atomic E-state index is 6.64. The van der Waals surface area contributed by atoms with Crippen LogP contribution in [-0.4, -0.2) is 4.98 Å². The van der Waals surface area contributed by atoms with Gasteiger partial charge in [0, 0.05) is 32.5 Å². The largest absolute Gasteiger partial charge is 0.456 e. The molecule has 0 aliphatic carbocycles. The summed E-state index contributed by atoms with van der Waals surface area (Å²) in [7, 11) is 0. The molecule has 0 atom stereocenters. The summed E-state index contributed by atoms with van der Waals surface area (Å²) in [5.41, 5.74) is 8.17. The van der Waals surface area contributed by atoms with E-state index in [2.05, 4.69) is 103 Å². The maximum atomic E-state index is 6.64. The lowest BCUT2D eigenvalue weighted by atomic mass is 9.82. The zero-order valence-corrected chi connectivity index (χ0v) is 24.2. The number of fused-ring (bicyclic) bond motifs is 3. The fraction of sp³-hybridized carbons (Fsp3) is 0.286. The van der Waals surface area contributed by atoms with Crippen LogP contribution in [0.15, 0.2) is 71.3 Å². The Morgan fingerprint density at radius 3 is 2.45 bits per heavy atom. The minimum atomic E-state index is 0.0144. The first-order valence-corrected chi connectivity index (χ1v) is 14.4. The van der Waals surface area contributed by atoms with E-state index >= 15 is 0 Å². The van der Waals surface area contributed by atoms with Crippen molar-refractivity contribution < 1.29 is 4.42 Å². The van der Waals surface area contributed by atoms with Crippen LogP contribution in [0.2, 0.25) is 0 Å². The van der Waals surface area contributed by atoms with E-state index in [1.807, 2.05) is 23.6 Å². The van der Waals surface area contributed by atoms with E-state index < -0.39 is 0 Å². The van der Waals surface area contributed by atoms with Crippen LogP contribution in [0.25, 0.3) is 54.4 Å². The number of aromatic nitrogens is 1. The van der Waals surface area contributed by atoms with E-state index in [1.54, 1.807) is 0 Å². The molecule has 6 aromatic rings. The highest BCUT2D eigenvalue weighted by atomic mass is 32.1. The molecule has 2 nitrogen and oxygen atoms in total. The molecule has 6 rings (SSSR count). The van der Waals surface area contributed by atoms with Gasteiger partial charge in [0.2, 0.25) is 0 Å². The Balaban J connectivity index is 1.59. The van der Waals surface area contributed by atoms with Gasteiger partial charge < -0.3 is 4.42 Å². The van der Waals surface area contributed by atoms with Gasteiger partial charge >= 0.3 is 0 Å². The standard InChI is InChI=1S/C35H35NOS/c1-20(2)17-28-22(4)38-34-26(28)13-10-14-27(34)33-21(3)31-30(37-33)15-16-36-32(31)24-18-23-11-8-9-12-25(23)29(19-24)35(5,6)7/h8-16,18-20H,17H2,1-7H3. The minimum absolute atomic E-state index is 0.0144. The third kappa shape index (κ3) is 4.05. The number of thiophene rings is 1. The molecule has 3 heteroatoms. The van der Waals surface area contributed by atoms with Crippen LogP contribution in [0.1, 0.15) is 56.2 Å². The molecule has 0 saturated heterocycles. The highest BCUT2D eigenvalue weighted by molar-refractivity contribution is 7.19. The summed E-state index contributed by atoms with van der Waals surface area (Å²) in [5.74, 6) is 1.57. The summed E-state index contributed by atoms with van der Waals surface area (Å²) < 4.78 is 7.95. The Kier molecular flexibility index (Phi) is 5.96. The first-order chi connectivity index (χ1) is 18.1. The van der Waals surface area contributed by atoms with Gasteiger partial charge in [-0.05, 0) is 83.2 Å². The molecule has 0 aliphatic heterocycles. The number of furan rings is 1. The van der Waals surface area contributed by atoms with E-state index in [4.69, 9.17) is 9.40 Å². The van der Waals surface area contributed by atoms with Crippen molar-refractivity contribution >= 4 is 43.2 Å². The molecule has 0 spiro atoms. The van der Waals surface area contributed by atoms with Gasteiger partial charge in [0.05, 0.1) is 11.1 Å². The minimum Gasteiger partial charge on any atom is -0.456 e. The van der Waals surface area contributed by atoms with Crippen LogP contribution in [0.5, 0.6) is 0 Å². The first kappa shape index (κ1) is 24.9. The molecular formula is C35H35NOS. The van der Waals surface area contributed by atoms with E-state index in [9.17, 15) is 0 Å². The number of rotatable bonds is 4. The zero-order valence-electron chi connectivity index (χ0n) is 23.4. The Bertz CT molecular complexity index is 1830. The molecule has 3 heterocycles. The number of hydrogen-bond acceptors (Lipinski definition) is 3. The van der Waals surface area contributed by atoms with E-state index in [-0.39, 0.29) is 5.41 Å². The van der Waals surface area contributed by atoms with Gasteiger partial charge in [0.1, 0.15) is 11.3 Å². The third-order valence-corrected chi connectivity index (χ3v) is 8.86. The fourth-order valence-electron chi connectivity index (χ4n) is 5.86. The van der Waals surface area contributed by atoms with Gasteiger partial charge in [-0.3, -0.25) is 4.98 Å². The molecule has 0 bridgehead atoms. The molecule has 192 valence electrons. The van der Waals surface area contributed by atoms with Crippen LogP contribution in [0.3, 0.4) is 0 Å². The van der Waals surface area contributed by atoms with Crippen molar-refractivity contribution in [3.05, 3.63) is 88.4 Å². The summed E-state index contributed by atoms with van der Waals surface area (Å²) in [6.07, 6.45) is 2.98. The molecule has 0 amide bonds. The lowest BCUT2D eigenvalue weighted by molar-refractivity contribution is 0.596. The van der Waals surface area contributed by atoms with Gasteiger partial charge in [0.25, 0.3) is 0 Å². The predicted molar refractivity (Wildman–Crippen MR) is 164 cm³/mol. The molecule has 0 fully saturated rings. The van der Waals surface area contributed by atoms with Crippen molar-refractivity contribution in [2.24, 2.45) is 5.92 Å². The van der Waals surface area contributed by atoms with Gasteiger partial charge in [-0.25, -0.2) is 0 Å². The SMILES string of the molecule is Cc1sc2c(-c3oc4ccnc(-c5cc(C(C)(C)C)c6ccccc6c5)c4c3C)cccc2c1CC(C)C. The third-order valence-electron chi connectivity index (χ3n) is 7.66. The van der Waals surface area contributed by atoms with Crippen molar-refractivity contribution in [2.75, 3.05) is 0 Å². The van der Waals surface area contributed by atoms with E-state index in [0.717, 1.165) is 40.0 Å². The molecule has 0 unspecified atom stereocenters. The summed E-state index contributed by atoms with van der Waals surface area (Å²) in [6.45, 7) is 15.9. The highest BCUT2D eigenvalue weighted by Gasteiger charge is 2.23. The molecule has 0 radical (unpaired) electrons. The second-order valence-corrected chi connectivity index (χ2v) is 13.2. The molecule has 3 aromatic carbocycles. The monoisotopic (exact) mass is 517 g/mol. The van der Waals surface area contributed by atoms with Gasteiger partial charge in [-0.2, -0.15) is 0 Å². The second kappa shape index (κ2) is 9.10. The van der Waals surface area contributed by atoms with Crippen LogP contribution in [0.4, 0.5) is 0 Å². The quantitative estimate of drug-likeness (QED) is 0.232. The molecule has 0 aliphatic rings. The number of hydrogen-bond donors (Lipinski definition) is 0. The topological polar surface area (TPSA) is 26.0 Å². The van der Waals surface area contributed by atoms with Gasteiger partial charge in [0.15, 0.2) is 0 Å². The van der Waals surface area contributed by atoms with Crippen LogP contribution in [0, 0.1) is 19.8 Å². The molecule has 38 heavy (non-hydrogen) atoms. The number of benzene rings is 3. The molecule has 0 saturated carbocycles. The number of pyridine rings is 1. The molecular weight excluding hydrogens is 482 g/mol. The van der Waals surface area contributed by atoms with Crippen molar-refractivity contribution in [1.82, 2.24) is 4.98 Å². The van der Waals surface area contributed by atoms with Gasteiger partial charge in [-0.15, -0.1) is 11.3 Å². The maximum Gasteiger partial charge on any atom is 0.139 e. The Morgan fingerprint density at radius 1 is 0.921 bits per heavy atom. The first-order valence-electron chi connectivity index (χ1n) is 13.6. The highest BCUT2D eigenvalue weighted by Crippen LogP contribution is 2.44. The van der Waals surface area contributed by atoms with Crippen molar-refractivity contribution in [1.29, 1.82) is 0 Å². The molecule has 3 aromatic heterocycles. The Labute approximate surface area is 229 Å². The normalized spacial score (nSPS) is 12.4. The zero-order chi connectivity index (χ0) is 26.8. The Hall–Kier alpha value is -3.43. The lowest BCUT2D eigenvalue weighted by Gasteiger charge is -2.22. The summed E-state index contributed by atoms with van der Waals surface area (Å²) in [6, 6.07) is 22.0. The fourth-order valence-corrected chi connectivity index (χ4v) is 7.06. The predicted octanol–water partition coefficient (Wildman–Crippen LogP) is 10.6. The van der Waals surface area contributed by atoms with Crippen molar-refractivity contribution in [3.8, 4) is 22.6 Å². The van der Waals surface area contributed by atoms with E-state index in [0.29, 0.717) is 5.92 Å². The lowest BCUT2D eigenvalue weighted by Crippen LogP contribution is -2.12. The average Bonchev–Trinajstić information content (AvgIpc) is 3.38. The van der Waals surface area contributed by atoms with Crippen LogP contribution >= 0.6 is 11.3 Å². The average molecular weight is 518 g/mol. The van der Waals surface area contributed by atoms with Gasteiger partial charge in [-0.1, -0.05) is 71.0 Å². The second-order valence-electron chi connectivity index (χ2n) is 12.0. The summed E-state index contributed by atoms with van der Waals surface area (Å²) in [5, 5.41) is 5.01. The number of aryl methyl sites for hydroxylation is 2. The summed E-state index contributed by atoms with van der Waals surface area (Å²) >= 11 is 1.89. The van der Waals surface area contributed by atoms with Crippen LogP contribution in [-0.2, 0) is 11.8 Å². The smallest absolute Gasteiger partial charge is 0.139 e. The van der Waals surface area contributed by atoms with Crippen molar-refractivity contribution in [3.63, 3.8) is 0 Å². The Morgan fingerprint density at radius 2 is 1.68 bits per heavy atom. The van der Waals surface area contributed by atoms with Crippen molar-refractivity contribution in [2.45, 2.75) is 60.3 Å². The van der Waals surface area contributed by atoms with E-state index in [1.165, 1.54) is 42.4 Å². The van der Waals surface area contributed by atoms with Crippen LogP contribution < -0.4 is 0 Å².